The zero-order valence-corrected chi connectivity index (χ0v) is 12.7. The van der Waals surface area contributed by atoms with E-state index < -0.39 is 11.3 Å². The second-order valence-corrected chi connectivity index (χ2v) is 5.36. The van der Waals surface area contributed by atoms with E-state index in [2.05, 4.69) is 15.3 Å². The van der Waals surface area contributed by atoms with E-state index in [0.29, 0.717) is 11.0 Å². The van der Waals surface area contributed by atoms with Gasteiger partial charge in [-0.2, -0.15) is 0 Å². The SMILES string of the molecule is Cc1ccc(O)c(NC(=O)c2c[nH]c3nc(C)ccc3c2=O)c1. The zero-order valence-electron chi connectivity index (χ0n) is 12.7. The van der Waals surface area contributed by atoms with Crippen LogP contribution in [0.1, 0.15) is 21.6 Å². The molecule has 0 atom stereocenters. The first-order chi connectivity index (χ1) is 11.0. The monoisotopic (exact) mass is 309 g/mol. The molecule has 0 spiro atoms. The molecule has 0 aliphatic heterocycles. The highest BCUT2D eigenvalue weighted by Crippen LogP contribution is 2.24. The molecule has 0 unspecified atom stereocenters. The molecule has 1 amide bonds. The largest absolute Gasteiger partial charge is 0.506 e. The summed E-state index contributed by atoms with van der Waals surface area (Å²) in [7, 11) is 0. The molecule has 3 rings (SSSR count). The van der Waals surface area contributed by atoms with Crippen LogP contribution in [0.4, 0.5) is 5.69 Å². The Balaban J connectivity index is 2.01. The second kappa shape index (κ2) is 5.57. The predicted molar refractivity (Wildman–Crippen MR) is 87.9 cm³/mol. The Kier molecular flexibility index (Phi) is 3.57. The van der Waals surface area contributed by atoms with E-state index in [9.17, 15) is 14.7 Å². The fourth-order valence-corrected chi connectivity index (χ4v) is 2.31. The second-order valence-electron chi connectivity index (χ2n) is 5.36. The third kappa shape index (κ3) is 2.78. The van der Waals surface area contributed by atoms with Crippen LogP contribution in [0.2, 0.25) is 0 Å². The van der Waals surface area contributed by atoms with Crippen LogP contribution >= 0.6 is 0 Å². The van der Waals surface area contributed by atoms with Crippen LogP contribution in [0, 0.1) is 13.8 Å². The topological polar surface area (TPSA) is 95.1 Å². The molecule has 0 aliphatic rings. The number of aromatic amines is 1. The van der Waals surface area contributed by atoms with Gasteiger partial charge in [0.2, 0.25) is 5.43 Å². The van der Waals surface area contributed by atoms with Crippen molar-refractivity contribution < 1.29 is 9.90 Å². The lowest BCUT2D eigenvalue weighted by Gasteiger charge is -2.08. The molecule has 0 radical (unpaired) electrons. The maximum absolute atomic E-state index is 12.4. The summed E-state index contributed by atoms with van der Waals surface area (Å²) in [6.45, 7) is 3.66. The standard InChI is InChI=1S/C17H15N3O3/c1-9-3-6-14(21)13(7-9)20-17(23)12-8-18-16-11(15(12)22)5-4-10(2)19-16/h3-8,21H,1-2H3,(H,20,23)(H,18,19,22). The number of carbonyl (C=O) groups excluding carboxylic acids is 1. The number of pyridine rings is 2. The minimum Gasteiger partial charge on any atom is -0.506 e. The fourth-order valence-electron chi connectivity index (χ4n) is 2.31. The molecule has 0 aliphatic carbocycles. The molecule has 2 aromatic heterocycles. The van der Waals surface area contributed by atoms with E-state index in [4.69, 9.17) is 0 Å². The van der Waals surface area contributed by atoms with Gasteiger partial charge < -0.3 is 15.4 Å². The number of H-pyrrole nitrogens is 1. The molecule has 6 heteroatoms. The number of amides is 1. The van der Waals surface area contributed by atoms with Crippen LogP contribution in [0.3, 0.4) is 0 Å². The smallest absolute Gasteiger partial charge is 0.261 e. The number of nitrogens with zero attached hydrogens (tertiary/aromatic N) is 1. The van der Waals surface area contributed by atoms with Crippen LogP contribution in [-0.4, -0.2) is 21.0 Å². The van der Waals surface area contributed by atoms with E-state index in [1.165, 1.54) is 12.3 Å². The lowest BCUT2D eigenvalue weighted by molar-refractivity contribution is 0.102. The first kappa shape index (κ1) is 14.8. The van der Waals surface area contributed by atoms with Crippen LogP contribution in [-0.2, 0) is 0 Å². The zero-order chi connectivity index (χ0) is 16.6. The van der Waals surface area contributed by atoms with E-state index in [0.717, 1.165) is 11.3 Å². The van der Waals surface area contributed by atoms with Gasteiger partial charge in [0.25, 0.3) is 5.91 Å². The average Bonchev–Trinajstić information content (AvgIpc) is 2.51. The van der Waals surface area contributed by atoms with Crippen molar-refractivity contribution in [3.63, 3.8) is 0 Å². The summed E-state index contributed by atoms with van der Waals surface area (Å²) < 4.78 is 0. The van der Waals surface area contributed by atoms with E-state index in [1.54, 1.807) is 24.3 Å². The van der Waals surface area contributed by atoms with Gasteiger partial charge in [-0.15, -0.1) is 0 Å². The van der Waals surface area contributed by atoms with Crippen LogP contribution in [0.25, 0.3) is 11.0 Å². The Hall–Kier alpha value is -3.15. The van der Waals surface area contributed by atoms with Gasteiger partial charge in [0.05, 0.1) is 11.1 Å². The molecule has 3 N–H and O–H groups in total. The fraction of sp³-hybridized carbons (Fsp3) is 0.118. The van der Waals surface area contributed by atoms with Crippen LogP contribution in [0.5, 0.6) is 5.75 Å². The van der Waals surface area contributed by atoms with E-state index in [1.807, 2.05) is 13.8 Å². The Morgan fingerprint density at radius 1 is 1.22 bits per heavy atom. The van der Waals surface area contributed by atoms with Crippen molar-refractivity contribution in [1.29, 1.82) is 0 Å². The summed E-state index contributed by atoms with van der Waals surface area (Å²) in [5.41, 5.74) is 1.90. The first-order valence-corrected chi connectivity index (χ1v) is 7.06. The number of carbonyl (C=O) groups is 1. The summed E-state index contributed by atoms with van der Waals surface area (Å²) in [5.74, 6) is -0.645. The summed E-state index contributed by atoms with van der Waals surface area (Å²) >= 11 is 0. The molecule has 2 heterocycles. The number of fused-ring (bicyclic) bond motifs is 1. The first-order valence-electron chi connectivity index (χ1n) is 7.06. The molecule has 6 nitrogen and oxygen atoms in total. The van der Waals surface area contributed by atoms with Gasteiger partial charge in [-0.05, 0) is 43.7 Å². The molecule has 23 heavy (non-hydrogen) atoms. The number of aromatic nitrogens is 2. The molecule has 0 saturated carbocycles. The summed E-state index contributed by atoms with van der Waals surface area (Å²) in [6.07, 6.45) is 1.33. The Bertz CT molecular complexity index is 976. The number of phenolic OH excluding ortho intramolecular Hbond substituents is 1. The molecule has 3 aromatic rings. The number of rotatable bonds is 2. The molecule has 1 aromatic carbocycles. The number of hydrogen-bond donors (Lipinski definition) is 3. The third-order valence-corrected chi connectivity index (χ3v) is 3.52. The molecule has 0 bridgehead atoms. The van der Waals surface area contributed by atoms with Crippen molar-refractivity contribution in [3.8, 4) is 5.75 Å². The molecule has 0 fully saturated rings. The summed E-state index contributed by atoms with van der Waals surface area (Å²) in [5, 5.41) is 12.7. The molecular formula is C17H15N3O3. The Morgan fingerprint density at radius 3 is 2.78 bits per heavy atom. The predicted octanol–water partition coefficient (Wildman–Crippen LogP) is 2.50. The number of nitrogens with one attached hydrogen (secondary N) is 2. The Morgan fingerprint density at radius 2 is 2.00 bits per heavy atom. The van der Waals surface area contributed by atoms with Crippen molar-refractivity contribution >= 4 is 22.6 Å². The van der Waals surface area contributed by atoms with Gasteiger partial charge in [0, 0.05) is 11.9 Å². The normalized spacial score (nSPS) is 10.7. The minimum atomic E-state index is -0.588. The number of aromatic hydroxyl groups is 1. The van der Waals surface area contributed by atoms with Gasteiger partial charge in [-0.1, -0.05) is 6.07 Å². The maximum atomic E-state index is 12.4. The summed E-state index contributed by atoms with van der Waals surface area (Å²) in [4.78, 5) is 31.9. The maximum Gasteiger partial charge on any atom is 0.261 e. The number of phenols is 1. The average molecular weight is 309 g/mol. The molecular weight excluding hydrogens is 294 g/mol. The van der Waals surface area contributed by atoms with E-state index in [-0.39, 0.29) is 17.0 Å². The molecule has 116 valence electrons. The van der Waals surface area contributed by atoms with Gasteiger partial charge in [-0.25, -0.2) is 4.98 Å². The highest BCUT2D eigenvalue weighted by molar-refractivity contribution is 6.06. The Labute approximate surface area is 131 Å². The third-order valence-electron chi connectivity index (χ3n) is 3.52. The van der Waals surface area contributed by atoms with Gasteiger partial charge in [-0.3, -0.25) is 9.59 Å². The summed E-state index contributed by atoms with van der Waals surface area (Å²) in [6, 6.07) is 8.19. The van der Waals surface area contributed by atoms with Crippen molar-refractivity contribution in [2.75, 3.05) is 5.32 Å². The van der Waals surface area contributed by atoms with Gasteiger partial charge in [0.1, 0.15) is 17.0 Å². The molecule has 0 saturated heterocycles. The number of anilines is 1. The highest BCUT2D eigenvalue weighted by Gasteiger charge is 2.15. The lowest BCUT2D eigenvalue weighted by Crippen LogP contribution is -2.22. The van der Waals surface area contributed by atoms with Crippen LogP contribution in [0.15, 0.2) is 41.3 Å². The van der Waals surface area contributed by atoms with Crippen molar-refractivity contribution in [2.24, 2.45) is 0 Å². The quantitative estimate of drug-likeness (QED) is 0.634. The van der Waals surface area contributed by atoms with Crippen molar-refractivity contribution in [1.82, 2.24) is 9.97 Å². The van der Waals surface area contributed by atoms with Crippen molar-refractivity contribution in [3.05, 3.63) is 63.6 Å². The highest BCUT2D eigenvalue weighted by atomic mass is 16.3. The number of aryl methyl sites for hydroxylation is 2. The van der Waals surface area contributed by atoms with Gasteiger partial charge in [0.15, 0.2) is 0 Å². The lowest BCUT2D eigenvalue weighted by atomic mass is 10.1. The minimum absolute atomic E-state index is 0.0379. The van der Waals surface area contributed by atoms with E-state index >= 15 is 0 Å². The van der Waals surface area contributed by atoms with Crippen LogP contribution < -0.4 is 10.7 Å². The van der Waals surface area contributed by atoms with Crippen molar-refractivity contribution in [2.45, 2.75) is 13.8 Å². The number of hydrogen-bond acceptors (Lipinski definition) is 4. The number of benzene rings is 1. The van der Waals surface area contributed by atoms with Gasteiger partial charge >= 0.3 is 0 Å².